The molecule has 2 rings (SSSR count). The van der Waals surface area contributed by atoms with Crippen molar-refractivity contribution >= 4 is 40.9 Å². The average molecular weight is 408 g/mol. The monoisotopic (exact) mass is 407 g/mol. The third-order valence-electron chi connectivity index (χ3n) is 3.76. The van der Waals surface area contributed by atoms with E-state index in [0.717, 1.165) is 0 Å². The van der Waals surface area contributed by atoms with Crippen molar-refractivity contribution < 1.29 is 19.1 Å². The van der Waals surface area contributed by atoms with Gasteiger partial charge >= 0.3 is 5.97 Å². The lowest BCUT2D eigenvalue weighted by molar-refractivity contribution is -0.146. The molecule has 0 aliphatic carbocycles. The Morgan fingerprint density at radius 1 is 0.926 bits per heavy atom. The van der Waals surface area contributed by atoms with Gasteiger partial charge in [-0.1, -0.05) is 23.2 Å². The summed E-state index contributed by atoms with van der Waals surface area (Å²) in [5.74, 6) is -1.03. The standard InChI is InChI=1S/C20H19Cl2NO4/c1-13(19(25)14-4-8-16(21)9-5-14)27-18(24)3-2-12-23-20(26)15-6-10-17(22)11-7-15/h4-11,13H,2-3,12H2,1H3,(H,23,26). The Bertz CT molecular complexity index is 804. The molecule has 0 bridgehead atoms. The minimum Gasteiger partial charge on any atom is -0.454 e. The lowest BCUT2D eigenvalue weighted by Gasteiger charge is -2.12. The summed E-state index contributed by atoms with van der Waals surface area (Å²) >= 11 is 11.6. The van der Waals surface area contributed by atoms with Gasteiger partial charge in [0, 0.05) is 34.1 Å². The van der Waals surface area contributed by atoms with Crippen molar-refractivity contribution in [2.24, 2.45) is 0 Å². The van der Waals surface area contributed by atoms with Crippen molar-refractivity contribution in [2.45, 2.75) is 25.9 Å². The number of amides is 1. The van der Waals surface area contributed by atoms with Gasteiger partial charge in [0.1, 0.15) is 0 Å². The van der Waals surface area contributed by atoms with Gasteiger partial charge in [-0.25, -0.2) is 0 Å². The Morgan fingerprint density at radius 2 is 1.44 bits per heavy atom. The molecule has 27 heavy (non-hydrogen) atoms. The van der Waals surface area contributed by atoms with Gasteiger partial charge in [0.05, 0.1) is 0 Å². The second kappa shape index (κ2) is 10.1. The fourth-order valence-electron chi connectivity index (χ4n) is 2.30. The molecule has 7 heteroatoms. The van der Waals surface area contributed by atoms with Gasteiger partial charge in [-0.15, -0.1) is 0 Å². The molecule has 5 nitrogen and oxygen atoms in total. The number of carbonyl (C=O) groups excluding carboxylic acids is 3. The summed E-state index contributed by atoms with van der Waals surface area (Å²) in [5.41, 5.74) is 0.916. The summed E-state index contributed by atoms with van der Waals surface area (Å²) < 4.78 is 5.15. The van der Waals surface area contributed by atoms with Crippen molar-refractivity contribution in [1.82, 2.24) is 5.32 Å². The molecule has 0 saturated heterocycles. The zero-order valence-electron chi connectivity index (χ0n) is 14.7. The average Bonchev–Trinajstić information content (AvgIpc) is 2.65. The smallest absolute Gasteiger partial charge is 0.306 e. The molecule has 142 valence electrons. The first-order chi connectivity index (χ1) is 12.9. The van der Waals surface area contributed by atoms with Crippen LogP contribution in [0.25, 0.3) is 0 Å². The predicted molar refractivity (Wildman–Crippen MR) is 104 cm³/mol. The van der Waals surface area contributed by atoms with Crippen LogP contribution in [-0.4, -0.2) is 30.3 Å². The maximum Gasteiger partial charge on any atom is 0.306 e. The summed E-state index contributed by atoms with van der Waals surface area (Å²) in [5, 5.41) is 3.79. The molecule has 0 aromatic heterocycles. The quantitative estimate of drug-likeness (QED) is 0.401. The first-order valence-corrected chi connectivity index (χ1v) is 9.15. The Balaban J connectivity index is 1.71. The molecule has 1 atom stereocenters. The SMILES string of the molecule is CC(OC(=O)CCCNC(=O)c1ccc(Cl)cc1)C(=O)c1ccc(Cl)cc1. The number of benzene rings is 2. The van der Waals surface area contributed by atoms with Crippen LogP contribution in [0.4, 0.5) is 0 Å². The van der Waals surface area contributed by atoms with Gasteiger partial charge in [0.2, 0.25) is 5.78 Å². The highest BCUT2D eigenvalue weighted by molar-refractivity contribution is 6.31. The normalized spacial score (nSPS) is 11.5. The molecule has 0 aliphatic rings. The first kappa shape index (κ1) is 20.9. The van der Waals surface area contributed by atoms with E-state index in [4.69, 9.17) is 27.9 Å². The Morgan fingerprint density at radius 3 is 2.00 bits per heavy atom. The van der Waals surface area contributed by atoms with E-state index >= 15 is 0 Å². The number of nitrogens with one attached hydrogen (secondary N) is 1. The number of ketones is 1. The van der Waals surface area contributed by atoms with E-state index < -0.39 is 12.1 Å². The van der Waals surface area contributed by atoms with Crippen LogP contribution in [-0.2, 0) is 9.53 Å². The minimum absolute atomic E-state index is 0.0964. The maximum absolute atomic E-state index is 12.2. The molecule has 0 spiro atoms. The number of carbonyl (C=O) groups is 3. The van der Waals surface area contributed by atoms with E-state index in [-0.39, 0.29) is 18.1 Å². The van der Waals surface area contributed by atoms with E-state index in [1.54, 1.807) is 48.5 Å². The van der Waals surface area contributed by atoms with Crippen LogP contribution in [0.2, 0.25) is 10.0 Å². The highest BCUT2D eigenvalue weighted by atomic mass is 35.5. The van der Waals surface area contributed by atoms with Crippen LogP contribution in [0.1, 0.15) is 40.5 Å². The molecule has 0 saturated carbocycles. The molecule has 0 radical (unpaired) electrons. The van der Waals surface area contributed by atoms with E-state index in [9.17, 15) is 14.4 Å². The molecule has 0 heterocycles. The summed E-state index contributed by atoms with van der Waals surface area (Å²) in [4.78, 5) is 36.0. The number of rotatable bonds is 8. The molecule has 2 aromatic rings. The fourth-order valence-corrected chi connectivity index (χ4v) is 2.55. The Hall–Kier alpha value is -2.37. The Labute approximate surface area is 167 Å². The topological polar surface area (TPSA) is 72.5 Å². The van der Waals surface area contributed by atoms with Crippen LogP contribution in [0, 0.1) is 0 Å². The van der Waals surface area contributed by atoms with Gasteiger partial charge in [-0.2, -0.15) is 0 Å². The predicted octanol–water partition coefficient (Wildman–Crippen LogP) is 4.32. The molecule has 0 fully saturated rings. The molecular weight excluding hydrogens is 389 g/mol. The van der Waals surface area contributed by atoms with Crippen molar-refractivity contribution in [3.05, 3.63) is 69.7 Å². The molecule has 1 amide bonds. The lowest BCUT2D eigenvalue weighted by Crippen LogP contribution is -2.27. The zero-order valence-corrected chi connectivity index (χ0v) is 16.2. The number of ether oxygens (including phenoxy) is 1. The van der Waals surface area contributed by atoms with Gasteiger partial charge in [-0.05, 0) is 61.9 Å². The molecular formula is C20H19Cl2NO4. The number of hydrogen-bond donors (Lipinski definition) is 1. The van der Waals surface area contributed by atoms with Crippen LogP contribution in [0.15, 0.2) is 48.5 Å². The summed E-state index contributed by atoms with van der Waals surface area (Å²) in [6, 6.07) is 12.9. The first-order valence-electron chi connectivity index (χ1n) is 8.40. The third kappa shape index (κ3) is 6.70. The second-order valence-electron chi connectivity index (χ2n) is 5.87. The fraction of sp³-hybridized carbons (Fsp3) is 0.250. The van der Waals surface area contributed by atoms with Crippen molar-refractivity contribution in [2.75, 3.05) is 6.54 Å². The van der Waals surface area contributed by atoms with Gasteiger partial charge in [-0.3, -0.25) is 14.4 Å². The van der Waals surface area contributed by atoms with Crippen LogP contribution < -0.4 is 5.32 Å². The summed E-state index contributed by atoms with van der Waals surface area (Å²) in [6.45, 7) is 1.84. The maximum atomic E-state index is 12.2. The van der Waals surface area contributed by atoms with E-state index in [1.807, 2.05) is 0 Å². The van der Waals surface area contributed by atoms with Crippen molar-refractivity contribution in [3.63, 3.8) is 0 Å². The van der Waals surface area contributed by atoms with Gasteiger partial charge in [0.25, 0.3) is 5.91 Å². The van der Waals surface area contributed by atoms with E-state index in [0.29, 0.717) is 34.1 Å². The number of hydrogen-bond acceptors (Lipinski definition) is 4. The lowest BCUT2D eigenvalue weighted by atomic mass is 10.1. The molecule has 2 aromatic carbocycles. The Kier molecular flexibility index (Phi) is 7.82. The minimum atomic E-state index is -0.887. The molecule has 1 N–H and O–H groups in total. The highest BCUT2D eigenvalue weighted by Crippen LogP contribution is 2.13. The zero-order chi connectivity index (χ0) is 19.8. The van der Waals surface area contributed by atoms with Crippen molar-refractivity contribution in [3.8, 4) is 0 Å². The second-order valence-corrected chi connectivity index (χ2v) is 6.74. The summed E-state index contributed by atoms with van der Waals surface area (Å²) in [6.07, 6.45) is -0.388. The highest BCUT2D eigenvalue weighted by Gasteiger charge is 2.19. The van der Waals surface area contributed by atoms with Gasteiger partial charge in [0.15, 0.2) is 6.10 Å². The molecule has 1 unspecified atom stereocenters. The number of halogens is 2. The largest absolute Gasteiger partial charge is 0.454 e. The van der Waals surface area contributed by atoms with Crippen LogP contribution in [0.3, 0.4) is 0 Å². The van der Waals surface area contributed by atoms with Crippen molar-refractivity contribution in [1.29, 1.82) is 0 Å². The van der Waals surface area contributed by atoms with Gasteiger partial charge < -0.3 is 10.1 Å². The number of Topliss-reactive ketones (excluding diaryl/α,β-unsaturated/α-hetero) is 1. The third-order valence-corrected chi connectivity index (χ3v) is 4.26. The summed E-state index contributed by atoms with van der Waals surface area (Å²) in [7, 11) is 0. The van der Waals surface area contributed by atoms with Crippen LogP contribution in [0.5, 0.6) is 0 Å². The number of esters is 1. The van der Waals surface area contributed by atoms with E-state index in [1.165, 1.54) is 6.92 Å². The van der Waals surface area contributed by atoms with E-state index in [2.05, 4.69) is 5.32 Å². The molecule has 0 aliphatic heterocycles. The van der Waals surface area contributed by atoms with Crippen LogP contribution >= 0.6 is 23.2 Å².